The molecule has 0 aliphatic carbocycles. The van der Waals surface area contributed by atoms with Crippen LogP contribution in [-0.2, 0) is 11.3 Å². The van der Waals surface area contributed by atoms with Crippen molar-refractivity contribution in [1.29, 1.82) is 0 Å². The Morgan fingerprint density at radius 2 is 2.04 bits per heavy atom. The van der Waals surface area contributed by atoms with E-state index in [9.17, 15) is 14.9 Å². The van der Waals surface area contributed by atoms with Gasteiger partial charge < -0.3 is 15.5 Å². The van der Waals surface area contributed by atoms with Crippen molar-refractivity contribution in [2.75, 3.05) is 26.2 Å². The number of guanidine groups is 1. The molecule has 1 heterocycles. The van der Waals surface area contributed by atoms with Crippen LogP contribution in [0, 0.1) is 10.1 Å². The second-order valence-corrected chi connectivity index (χ2v) is 6.55. The van der Waals surface area contributed by atoms with E-state index in [-0.39, 0.29) is 47.0 Å². The minimum Gasteiger partial charge on any atom is -0.357 e. The lowest BCUT2D eigenvalue weighted by Crippen LogP contribution is -2.39. The molecule has 1 aliphatic rings. The molecule has 0 aromatic heterocycles. The summed E-state index contributed by atoms with van der Waals surface area (Å²) in [6.45, 7) is 5.19. The molecule has 2 N–H and O–H groups in total. The molecule has 1 aromatic rings. The average molecular weight is 503 g/mol. The number of rotatable bonds is 8. The zero-order valence-electron chi connectivity index (χ0n) is 16.4. The number of aliphatic imine (C=N–C) groups is 1. The number of halogens is 1. The molecule has 1 fully saturated rings. The molecular formula is C19H30IN5O3. The first-order valence-corrected chi connectivity index (χ1v) is 9.64. The summed E-state index contributed by atoms with van der Waals surface area (Å²) < 4.78 is 0. The zero-order chi connectivity index (χ0) is 19.5. The summed E-state index contributed by atoms with van der Waals surface area (Å²) in [5.74, 6) is 0.877. The summed E-state index contributed by atoms with van der Waals surface area (Å²) >= 11 is 0. The van der Waals surface area contributed by atoms with Crippen LogP contribution in [0.15, 0.2) is 29.3 Å². The van der Waals surface area contributed by atoms with Crippen molar-refractivity contribution >= 4 is 41.5 Å². The lowest BCUT2D eigenvalue weighted by atomic mass is 10.2. The Labute approximate surface area is 183 Å². The summed E-state index contributed by atoms with van der Waals surface area (Å²) in [4.78, 5) is 29.1. The maximum atomic E-state index is 12.0. The van der Waals surface area contributed by atoms with Crippen LogP contribution in [0.25, 0.3) is 0 Å². The summed E-state index contributed by atoms with van der Waals surface area (Å²) in [5.41, 5.74) is 0.659. The zero-order valence-corrected chi connectivity index (χ0v) is 18.7. The first kappa shape index (κ1) is 24.1. The number of nitro groups is 1. The number of nitrogens with zero attached hydrogens (tertiary/aromatic N) is 3. The van der Waals surface area contributed by atoms with Crippen LogP contribution in [0.2, 0.25) is 0 Å². The van der Waals surface area contributed by atoms with Crippen LogP contribution < -0.4 is 10.6 Å². The molecule has 0 radical (unpaired) electrons. The fourth-order valence-electron chi connectivity index (χ4n) is 3.08. The van der Waals surface area contributed by atoms with Gasteiger partial charge in [-0.1, -0.05) is 24.6 Å². The van der Waals surface area contributed by atoms with Crippen molar-refractivity contribution in [2.24, 2.45) is 4.99 Å². The molecule has 1 aliphatic heterocycles. The SMILES string of the molecule is CCNC(=NCc1ccccc1[N+](=O)[O-])NCCCN1CCCCCC1=O.I. The van der Waals surface area contributed by atoms with E-state index in [0.717, 1.165) is 38.8 Å². The van der Waals surface area contributed by atoms with Gasteiger partial charge in [-0.05, 0) is 26.2 Å². The summed E-state index contributed by atoms with van der Waals surface area (Å²) in [6, 6.07) is 6.63. The predicted octanol–water partition coefficient (Wildman–Crippen LogP) is 3.06. The Morgan fingerprint density at radius 1 is 1.25 bits per heavy atom. The standard InChI is InChI=1S/C19H29N5O3.HI/c1-2-20-19(22-15-16-9-5-6-10-17(16)24(26)27)21-12-8-14-23-13-7-3-4-11-18(23)25;/h5-6,9-10H,2-4,7-8,11-15H2,1H3,(H2,20,21,22);1H. The number of carbonyl (C=O) groups excluding carboxylic acids is 1. The molecule has 2 rings (SSSR count). The molecule has 0 bridgehead atoms. The maximum Gasteiger partial charge on any atom is 0.274 e. The van der Waals surface area contributed by atoms with Gasteiger partial charge in [0.25, 0.3) is 5.69 Å². The van der Waals surface area contributed by atoms with Gasteiger partial charge in [0.15, 0.2) is 5.96 Å². The molecule has 0 unspecified atom stereocenters. The van der Waals surface area contributed by atoms with E-state index in [1.54, 1.807) is 18.2 Å². The number of benzene rings is 1. The van der Waals surface area contributed by atoms with Crippen molar-refractivity contribution in [1.82, 2.24) is 15.5 Å². The molecule has 28 heavy (non-hydrogen) atoms. The molecule has 9 heteroatoms. The summed E-state index contributed by atoms with van der Waals surface area (Å²) in [5, 5.41) is 17.5. The van der Waals surface area contributed by atoms with Gasteiger partial charge in [0.2, 0.25) is 5.91 Å². The van der Waals surface area contributed by atoms with Crippen molar-refractivity contribution < 1.29 is 9.72 Å². The van der Waals surface area contributed by atoms with E-state index in [2.05, 4.69) is 15.6 Å². The van der Waals surface area contributed by atoms with Crippen molar-refractivity contribution in [2.45, 2.75) is 45.6 Å². The third-order valence-electron chi connectivity index (χ3n) is 4.51. The third-order valence-corrected chi connectivity index (χ3v) is 4.51. The lowest BCUT2D eigenvalue weighted by Gasteiger charge is -2.20. The van der Waals surface area contributed by atoms with Crippen LogP contribution in [0.5, 0.6) is 0 Å². The molecule has 0 spiro atoms. The van der Waals surface area contributed by atoms with Gasteiger partial charge in [0, 0.05) is 38.7 Å². The number of para-hydroxylation sites is 1. The minimum atomic E-state index is -0.386. The van der Waals surface area contributed by atoms with E-state index in [0.29, 0.717) is 31.0 Å². The normalized spacial score (nSPS) is 14.8. The fourth-order valence-corrected chi connectivity index (χ4v) is 3.08. The van der Waals surface area contributed by atoms with Crippen LogP contribution in [-0.4, -0.2) is 47.9 Å². The van der Waals surface area contributed by atoms with Crippen molar-refractivity contribution in [3.05, 3.63) is 39.9 Å². The minimum absolute atomic E-state index is 0. The molecule has 8 nitrogen and oxygen atoms in total. The largest absolute Gasteiger partial charge is 0.357 e. The van der Waals surface area contributed by atoms with Gasteiger partial charge in [-0.2, -0.15) is 0 Å². The second kappa shape index (κ2) is 13.3. The molecule has 1 amide bonds. The summed E-state index contributed by atoms with van der Waals surface area (Å²) in [7, 11) is 0. The number of amides is 1. The Bertz CT molecular complexity index is 669. The number of nitro benzene ring substituents is 1. The highest BCUT2D eigenvalue weighted by molar-refractivity contribution is 14.0. The lowest BCUT2D eigenvalue weighted by molar-refractivity contribution is -0.385. The molecule has 1 saturated heterocycles. The summed E-state index contributed by atoms with van der Waals surface area (Å²) in [6.07, 6.45) is 4.70. The van der Waals surface area contributed by atoms with Crippen LogP contribution >= 0.6 is 24.0 Å². The Kier molecular flexibility index (Phi) is 11.5. The Morgan fingerprint density at radius 3 is 2.79 bits per heavy atom. The van der Waals surface area contributed by atoms with Gasteiger partial charge in [-0.25, -0.2) is 4.99 Å². The maximum absolute atomic E-state index is 12.0. The topological polar surface area (TPSA) is 99.9 Å². The van der Waals surface area contributed by atoms with Gasteiger partial charge in [-0.3, -0.25) is 14.9 Å². The van der Waals surface area contributed by atoms with Gasteiger partial charge in [0.05, 0.1) is 17.0 Å². The highest BCUT2D eigenvalue weighted by atomic mass is 127. The number of hydrogen-bond acceptors (Lipinski definition) is 4. The monoisotopic (exact) mass is 503 g/mol. The number of hydrogen-bond donors (Lipinski definition) is 2. The molecule has 0 saturated carbocycles. The van der Waals surface area contributed by atoms with Crippen LogP contribution in [0.3, 0.4) is 0 Å². The molecule has 0 atom stereocenters. The average Bonchev–Trinajstić information content (AvgIpc) is 2.87. The number of likely N-dealkylation sites (tertiary alicyclic amines) is 1. The van der Waals surface area contributed by atoms with E-state index in [4.69, 9.17) is 0 Å². The van der Waals surface area contributed by atoms with E-state index >= 15 is 0 Å². The Hall–Kier alpha value is -1.91. The first-order chi connectivity index (χ1) is 13.1. The van der Waals surface area contributed by atoms with E-state index < -0.39 is 0 Å². The van der Waals surface area contributed by atoms with Crippen LogP contribution in [0.1, 0.15) is 44.6 Å². The Balaban J connectivity index is 0.00000392. The quantitative estimate of drug-likeness (QED) is 0.142. The van der Waals surface area contributed by atoms with E-state index in [1.807, 2.05) is 11.8 Å². The van der Waals surface area contributed by atoms with Crippen molar-refractivity contribution in [3.8, 4) is 0 Å². The third kappa shape index (κ3) is 7.99. The smallest absolute Gasteiger partial charge is 0.274 e. The molecule has 1 aromatic carbocycles. The second-order valence-electron chi connectivity index (χ2n) is 6.55. The van der Waals surface area contributed by atoms with Crippen LogP contribution in [0.4, 0.5) is 5.69 Å². The molecular weight excluding hydrogens is 473 g/mol. The van der Waals surface area contributed by atoms with Gasteiger partial charge >= 0.3 is 0 Å². The highest BCUT2D eigenvalue weighted by Gasteiger charge is 2.16. The predicted molar refractivity (Wildman–Crippen MR) is 121 cm³/mol. The van der Waals surface area contributed by atoms with Crippen molar-refractivity contribution in [3.63, 3.8) is 0 Å². The number of carbonyl (C=O) groups is 1. The van der Waals surface area contributed by atoms with E-state index in [1.165, 1.54) is 6.07 Å². The first-order valence-electron chi connectivity index (χ1n) is 9.64. The van der Waals surface area contributed by atoms with Gasteiger partial charge in [0.1, 0.15) is 0 Å². The fraction of sp³-hybridized carbons (Fsp3) is 0.579. The number of nitrogens with one attached hydrogen (secondary N) is 2. The van der Waals surface area contributed by atoms with Gasteiger partial charge in [-0.15, -0.1) is 24.0 Å². The molecule has 156 valence electrons. The highest BCUT2D eigenvalue weighted by Crippen LogP contribution is 2.18.